The minimum atomic E-state index is -4.91. The van der Waals surface area contributed by atoms with Crippen LogP contribution in [0.2, 0.25) is 0 Å². The lowest BCUT2D eigenvalue weighted by atomic mass is 9.77. The Morgan fingerprint density at radius 2 is 1.57 bits per heavy atom. The molecule has 3 aromatic carbocycles. The lowest BCUT2D eigenvalue weighted by Gasteiger charge is -2.27. The summed E-state index contributed by atoms with van der Waals surface area (Å²) >= 11 is 0. The topological polar surface area (TPSA) is 193 Å². The van der Waals surface area contributed by atoms with Crippen molar-refractivity contribution in [3.05, 3.63) is 65.2 Å². The quantitative estimate of drug-likeness (QED) is 0.236. The van der Waals surface area contributed by atoms with Gasteiger partial charge in [0.15, 0.2) is 0 Å². The standard InChI is InChI=1S/C25H27NO11S3/c1-25(14-16-4-6-17(7-5-16)24(27)37-2)15-26(10-3-11-38(28,29)30)21-9-8-19-20(23(21)25)12-18(39(31,32)33)13-22(19)40(34,35)36/h4-9,12-13H,3,10-11,14-15H2,1-2H3,(H,28,29,30)(H,31,32,33)(H,34,35,36). The van der Waals surface area contributed by atoms with Crippen LogP contribution in [0.1, 0.15) is 34.8 Å². The highest BCUT2D eigenvalue weighted by Gasteiger charge is 2.41. The van der Waals surface area contributed by atoms with Crippen molar-refractivity contribution in [2.24, 2.45) is 0 Å². The lowest BCUT2D eigenvalue weighted by Crippen LogP contribution is -2.34. The summed E-state index contributed by atoms with van der Waals surface area (Å²) in [4.78, 5) is 12.3. The highest BCUT2D eigenvalue weighted by Crippen LogP contribution is 2.48. The molecule has 3 aromatic rings. The molecule has 216 valence electrons. The maximum atomic E-state index is 12.2. The summed E-state index contributed by atoms with van der Waals surface area (Å²) in [5.41, 5.74) is 1.36. The van der Waals surface area contributed by atoms with Gasteiger partial charge in [0.25, 0.3) is 30.4 Å². The van der Waals surface area contributed by atoms with E-state index in [2.05, 4.69) is 0 Å². The largest absolute Gasteiger partial charge is 0.465 e. The molecule has 12 nitrogen and oxygen atoms in total. The minimum absolute atomic E-state index is 0.0284. The van der Waals surface area contributed by atoms with E-state index in [1.54, 1.807) is 30.3 Å². The average Bonchev–Trinajstić information content (AvgIpc) is 3.12. The third kappa shape index (κ3) is 6.14. The van der Waals surface area contributed by atoms with Crippen molar-refractivity contribution in [1.82, 2.24) is 0 Å². The number of hydrogen-bond acceptors (Lipinski definition) is 9. The summed E-state index contributed by atoms with van der Waals surface area (Å²) in [6.07, 6.45) is 0.397. The molecule has 40 heavy (non-hydrogen) atoms. The van der Waals surface area contributed by atoms with Crippen LogP contribution in [0.3, 0.4) is 0 Å². The highest BCUT2D eigenvalue weighted by atomic mass is 32.2. The number of ether oxygens (including phenoxy) is 1. The van der Waals surface area contributed by atoms with Crippen LogP contribution in [-0.2, 0) is 46.9 Å². The van der Waals surface area contributed by atoms with E-state index in [0.717, 1.165) is 11.6 Å². The molecule has 1 heterocycles. The third-order valence-corrected chi connectivity index (χ3v) is 9.44. The van der Waals surface area contributed by atoms with Gasteiger partial charge in [-0.25, -0.2) is 4.79 Å². The van der Waals surface area contributed by atoms with E-state index in [9.17, 15) is 43.7 Å². The number of carbonyl (C=O) groups is 1. The summed E-state index contributed by atoms with van der Waals surface area (Å²) in [6, 6.07) is 11.4. The molecule has 1 atom stereocenters. The highest BCUT2D eigenvalue weighted by molar-refractivity contribution is 7.87. The zero-order valence-electron chi connectivity index (χ0n) is 21.4. The van der Waals surface area contributed by atoms with Gasteiger partial charge in [-0.05, 0) is 59.7 Å². The van der Waals surface area contributed by atoms with Crippen molar-refractivity contribution >= 4 is 52.8 Å². The number of methoxy groups -OCH3 is 1. The first-order chi connectivity index (χ1) is 18.4. The summed E-state index contributed by atoms with van der Waals surface area (Å²) in [5.74, 6) is -1.01. The van der Waals surface area contributed by atoms with E-state index in [1.165, 1.54) is 13.2 Å². The number of anilines is 1. The Labute approximate surface area is 231 Å². The van der Waals surface area contributed by atoms with E-state index >= 15 is 0 Å². The number of hydrogen-bond donors (Lipinski definition) is 3. The van der Waals surface area contributed by atoms with Gasteiger partial charge in [0.2, 0.25) is 0 Å². The molecular formula is C25H27NO11S3. The molecule has 0 fully saturated rings. The van der Waals surface area contributed by atoms with Crippen molar-refractivity contribution in [2.45, 2.75) is 35.0 Å². The Balaban J connectivity index is 1.93. The molecule has 0 aliphatic carbocycles. The zero-order chi connectivity index (χ0) is 29.7. The van der Waals surface area contributed by atoms with E-state index in [-0.39, 0.29) is 23.7 Å². The Kier molecular flexibility index (Phi) is 7.77. The van der Waals surface area contributed by atoms with Crippen LogP contribution in [0.15, 0.2) is 58.3 Å². The predicted molar refractivity (Wildman–Crippen MR) is 146 cm³/mol. The van der Waals surface area contributed by atoms with Crippen LogP contribution in [0, 0.1) is 0 Å². The van der Waals surface area contributed by atoms with Crippen LogP contribution >= 0.6 is 0 Å². The second-order valence-electron chi connectivity index (χ2n) is 9.91. The van der Waals surface area contributed by atoms with Gasteiger partial charge in [-0.3, -0.25) is 13.7 Å². The summed E-state index contributed by atoms with van der Waals surface area (Å²) in [6.45, 7) is 2.34. The van der Waals surface area contributed by atoms with Crippen LogP contribution < -0.4 is 4.90 Å². The first kappa shape index (κ1) is 29.9. The van der Waals surface area contributed by atoms with Crippen molar-refractivity contribution in [3.8, 4) is 0 Å². The van der Waals surface area contributed by atoms with E-state index < -0.39 is 57.3 Å². The number of benzene rings is 3. The molecule has 0 saturated carbocycles. The Hall–Kier alpha value is -3.08. The molecule has 0 bridgehead atoms. The summed E-state index contributed by atoms with van der Waals surface area (Å²) in [5, 5.41) is 0.187. The Morgan fingerprint density at radius 3 is 2.12 bits per heavy atom. The molecule has 1 unspecified atom stereocenters. The van der Waals surface area contributed by atoms with Gasteiger partial charge in [0.05, 0.1) is 23.3 Å². The first-order valence-corrected chi connectivity index (χ1v) is 16.4. The van der Waals surface area contributed by atoms with E-state index in [4.69, 9.17) is 4.74 Å². The fourth-order valence-corrected chi connectivity index (χ4v) is 7.15. The number of rotatable bonds is 9. The van der Waals surface area contributed by atoms with E-state index in [0.29, 0.717) is 35.8 Å². The smallest absolute Gasteiger partial charge is 0.337 e. The monoisotopic (exact) mass is 613 g/mol. The number of nitrogens with zero attached hydrogens (tertiary/aromatic N) is 1. The second-order valence-corrected chi connectivity index (χ2v) is 14.3. The molecule has 0 radical (unpaired) electrons. The maximum absolute atomic E-state index is 12.2. The molecule has 0 amide bonds. The van der Waals surface area contributed by atoms with Gasteiger partial charge in [-0.15, -0.1) is 0 Å². The summed E-state index contributed by atoms with van der Waals surface area (Å²) < 4.78 is 105. The predicted octanol–water partition coefficient (Wildman–Crippen LogP) is 2.72. The van der Waals surface area contributed by atoms with Crippen LogP contribution in [0.4, 0.5) is 5.69 Å². The summed E-state index contributed by atoms with van der Waals surface area (Å²) in [7, 11) is -12.7. The van der Waals surface area contributed by atoms with Gasteiger partial charge < -0.3 is 9.64 Å². The molecule has 1 aliphatic rings. The van der Waals surface area contributed by atoms with Crippen LogP contribution in [0.5, 0.6) is 0 Å². The molecule has 4 rings (SSSR count). The van der Waals surface area contributed by atoms with Crippen LogP contribution in [-0.4, -0.2) is 70.8 Å². The van der Waals surface area contributed by atoms with Gasteiger partial charge in [0.1, 0.15) is 4.90 Å². The molecule has 0 aromatic heterocycles. The molecular weight excluding hydrogens is 586 g/mol. The molecule has 1 aliphatic heterocycles. The van der Waals surface area contributed by atoms with E-state index in [1.807, 2.05) is 11.8 Å². The Morgan fingerprint density at radius 1 is 0.925 bits per heavy atom. The number of fused-ring (bicyclic) bond motifs is 3. The van der Waals surface area contributed by atoms with Gasteiger partial charge in [-0.2, -0.15) is 25.3 Å². The molecule has 3 N–H and O–H groups in total. The van der Waals surface area contributed by atoms with Gasteiger partial charge in [0, 0.05) is 29.6 Å². The average molecular weight is 614 g/mol. The normalized spacial score (nSPS) is 17.7. The fraction of sp³-hybridized carbons (Fsp3) is 0.320. The van der Waals surface area contributed by atoms with Gasteiger partial charge >= 0.3 is 5.97 Å². The lowest BCUT2D eigenvalue weighted by molar-refractivity contribution is 0.0600. The van der Waals surface area contributed by atoms with Crippen molar-refractivity contribution in [1.29, 1.82) is 0 Å². The SMILES string of the molecule is COC(=O)c1ccc(CC2(C)CN(CCCS(=O)(=O)O)c3ccc4c(S(=O)(=O)O)cc(S(=O)(=O)O)cc4c32)cc1. The number of carbonyl (C=O) groups excluding carboxylic acids is 1. The maximum Gasteiger partial charge on any atom is 0.337 e. The van der Waals surface area contributed by atoms with Crippen molar-refractivity contribution < 1.29 is 48.4 Å². The fourth-order valence-electron chi connectivity index (χ4n) is 5.32. The van der Waals surface area contributed by atoms with Crippen molar-refractivity contribution in [3.63, 3.8) is 0 Å². The number of esters is 1. The third-order valence-electron chi connectivity index (χ3n) is 6.91. The molecule has 0 saturated heterocycles. The van der Waals surface area contributed by atoms with Crippen molar-refractivity contribution in [2.75, 3.05) is 30.9 Å². The van der Waals surface area contributed by atoms with Crippen LogP contribution in [0.25, 0.3) is 10.8 Å². The Bertz CT molecular complexity index is 1820. The first-order valence-electron chi connectivity index (χ1n) is 11.9. The molecule has 15 heteroatoms. The second kappa shape index (κ2) is 10.4. The zero-order valence-corrected chi connectivity index (χ0v) is 23.9. The minimum Gasteiger partial charge on any atom is -0.465 e. The van der Waals surface area contributed by atoms with Gasteiger partial charge in [-0.1, -0.05) is 25.1 Å². The molecule has 0 spiro atoms.